The lowest BCUT2D eigenvalue weighted by atomic mass is 9.85. The maximum Gasteiger partial charge on any atom is 0.201 e. The van der Waals surface area contributed by atoms with Gasteiger partial charge in [0.1, 0.15) is 5.75 Å². The number of hydrogen-bond acceptors (Lipinski definition) is 3. The number of rotatable bonds is 5. The SMILES string of the molecule is COc1ccc2c(c1)nc(N)n2CC(C(C)C)C(C)C. The molecule has 0 bridgehead atoms. The van der Waals surface area contributed by atoms with Crippen LogP contribution in [0, 0.1) is 17.8 Å². The third-order valence-electron chi connectivity index (χ3n) is 4.09. The topological polar surface area (TPSA) is 53.1 Å². The van der Waals surface area contributed by atoms with E-state index in [2.05, 4.69) is 37.2 Å². The van der Waals surface area contributed by atoms with Crippen molar-refractivity contribution in [3.8, 4) is 5.75 Å². The number of methoxy groups -OCH3 is 1. The van der Waals surface area contributed by atoms with Crippen molar-refractivity contribution in [2.75, 3.05) is 12.8 Å². The van der Waals surface area contributed by atoms with Crippen molar-refractivity contribution in [2.24, 2.45) is 17.8 Å². The smallest absolute Gasteiger partial charge is 0.201 e. The van der Waals surface area contributed by atoms with Crippen molar-refractivity contribution in [2.45, 2.75) is 34.2 Å². The quantitative estimate of drug-likeness (QED) is 0.907. The summed E-state index contributed by atoms with van der Waals surface area (Å²) >= 11 is 0. The summed E-state index contributed by atoms with van der Waals surface area (Å²) < 4.78 is 7.36. The van der Waals surface area contributed by atoms with Gasteiger partial charge in [-0.1, -0.05) is 27.7 Å². The first-order valence-corrected chi connectivity index (χ1v) is 7.23. The van der Waals surface area contributed by atoms with Crippen LogP contribution in [0.5, 0.6) is 5.75 Å². The fourth-order valence-corrected chi connectivity index (χ4v) is 2.85. The summed E-state index contributed by atoms with van der Waals surface area (Å²) in [5.74, 6) is 3.21. The van der Waals surface area contributed by atoms with Crippen LogP contribution in [0.15, 0.2) is 18.2 Å². The van der Waals surface area contributed by atoms with E-state index < -0.39 is 0 Å². The zero-order chi connectivity index (χ0) is 14.9. The first-order chi connectivity index (χ1) is 9.43. The van der Waals surface area contributed by atoms with Gasteiger partial charge in [0, 0.05) is 12.6 Å². The summed E-state index contributed by atoms with van der Waals surface area (Å²) in [7, 11) is 1.66. The van der Waals surface area contributed by atoms with Crippen molar-refractivity contribution in [1.82, 2.24) is 9.55 Å². The van der Waals surface area contributed by atoms with Gasteiger partial charge < -0.3 is 15.0 Å². The summed E-state index contributed by atoms with van der Waals surface area (Å²) in [6.07, 6.45) is 0. The molecule has 2 N–H and O–H groups in total. The minimum Gasteiger partial charge on any atom is -0.497 e. The van der Waals surface area contributed by atoms with Gasteiger partial charge in [-0.25, -0.2) is 4.98 Å². The van der Waals surface area contributed by atoms with Crippen LogP contribution in [0.3, 0.4) is 0 Å². The Hall–Kier alpha value is -1.71. The number of benzene rings is 1. The molecule has 0 aliphatic heterocycles. The van der Waals surface area contributed by atoms with E-state index in [1.54, 1.807) is 7.11 Å². The molecule has 1 heterocycles. The van der Waals surface area contributed by atoms with E-state index in [4.69, 9.17) is 10.5 Å². The Morgan fingerprint density at radius 1 is 1.20 bits per heavy atom. The summed E-state index contributed by atoms with van der Waals surface area (Å²) in [4.78, 5) is 4.45. The Balaban J connectivity index is 2.41. The van der Waals surface area contributed by atoms with Gasteiger partial charge in [-0.3, -0.25) is 0 Å². The minimum absolute atomic E-state index is 0.580. The number of imidazole rings is 1. The lowest BCUT2D eigenvalue weighted by Crippen LogP contribution is -2.22. The molecule has 110 valence electrons. The highest BCUT2D eigenvalue weighted by atomic mass is 16.5. The van der Waals surface area contributed by atoms with Crippen molar-refractivity contribution < 1.29 is 4.74 Å². The third-order valence-corrected chi connectivity index (χ3v) is 4.09. The number of nitrogen functional groups attached to an aromatic ring is 1. The average Bonchev–Trinajstić information content (AvgIpc) is 2.69. The number of anilines is 1. The van der Waals surface area contributed by atoms with Crippen LogP contribution < -0.4 is 10.5 Å². The predicted octanol–water partition coefficient (Wildman–Crippen LogP) is 3.56. The Kier molecular flexibility index (Phi) is 4.21. The lowest BCUT2D eigenvalue weighted by Gasteiger charge is -2.26. The molecule has 0 atom stereocenters. The van der Waals surface area contributed by atoms with Crippen LogP contribution in [0.1, 0.15) is 27.7 Å². The first-order valence-electron chi connectivity index (χ1n) is 7.23. The lowest BCUT2D eigenvalue weighted by molar-refractivity contribution is 0.255. The van der Waals surface area contributed by atoms with Crippen molar-refractivity contribution in [1.29, 1.82) is 0 Å². The molecule has 2 rings (SSSR count). The van der Waals surface area contributed by atoms with Crippen LogP contribution in [-0.2, 0) is 6.54 Å². The average molecular weight is 275 g/mol. The van der Waals surface area contributed by atoms with Crippen LogP contribution >= 0.6 is 0 Å². The molecule has 20 heavy (non-hydrogen) atoms. The summed E-state index contributed by atoms with van der Waals surface area (Å²) in [5, 5.41) is 0. The Labute approximate surface area is 120 Å². The first kappa shape index (κ1) is 14.7. The normalized spacial score (nSPS) is 12.0. The highest BCUT2D eigenvalue weighted by molar-refractivity contribution is 5.79. The molecule has 1 aromatic heterocycles. The van der Waals surface area contributed by atoms with E-state index in [9.17, 15) is 0 Å². The number of aromatic nitrogens is 2. The molecule has 0 fully saturated rings. The zero-order valence-corrected chi connectivity index (χ0v) is 13.1. The fraction of sp³-hybridized carbons (Fsp3) is 0.562. The second-order valence-electron chi connectivity index (χ2n) is 6.09. The number of ether oxygens (including phenoxy) is 1. The number of hydrogen-bond donors (Lipinski definition) is 1. The van der Waals surface area contributed by atoms with Crippen LogP contribution in [0.2, 0.25) is 0 Å². The highest BCUT2D eigenvalue weighted by Crippen LogP contribution is 2.28. The van der Waals surface area contributed by atoms with Crippen LogP contribution in [0.25, 0.3) is 11.0 Å². The maximum absolute atomic E-state index is 6.10. The second kappa shape index (κ2) is 5.73. The largest absolute Gasteiger partial charge is 0.497 e. The van der Waals surface area contributed by atoms with Gasteiger partial charge in [-0.15, -0.1) is 0 Å². The summed E-state index contributed by atoms with van der Waals surface area (Å²) in [6.45, 7) is 9.97. The molecule has 0 aliphatic carbocycles. The Morgan fingerprint density at radius 3 is 2.40 bits per heavy atom. The van der Waals surface area contributed by atoms with Gasteiger partial charge in [0.15, 0.2) is 0 Å². The molecular weight excluding hydrogens is 250 g/mol. The van der Waals surface area contributed by atoms with Crippen molar-refractivity contribution >= 4 is 17.0 Å². The van der Waals surface area contributed by atoms with Crippen LogP contribution in [0.4, 0.5) is 5.95 Å². The molecule has 0 radical (unpaired) electrons. The van der Waals surface area contributed by atoms with E-state index >= 15 is 0 Å². The van der Waals surface area contributed by atoms with E-state index in [0.29, 0.717) is 23.7 Å². The Bertz CT molecular complexity index is 579. The summed E-state index contributed by atoms with van der Waals surface area (Å²) in [6, 6.07) is 5.93. The van der Waals surface area contributed by atoms with Gasteiger partial charge in [0.2, 0.25) is 5.95 Å². The molecule has 2 aromatic rings. The van der Waals surface area contributed by atoms with Gasteiger partial charge in [0.05, 0.1) is 18.1 Å². The predicted molar refractivity (Wildman–Crippen MR) is 83.9 cm³/mol. The Morgan fingerprint density at radius 2 is 1.85 bits per heavy atom. The van der Waals surface area contributed by atoms with Crippen LogP contribution in [-0.4, -0.2) is 16.7 Å². The zero-order valence-electron chi connectivity index (χ0n) is 13.1. The maximum atomic E-state index is 6.10. The molecule has 0 aliphatic rings. The van der Waals surface area contributed by atoms with Gasteiger partial charge >= 0.3 is 0 Å². The molecule has 1 aromatic carbocycles. The van der Waals surface area contributed by atoms with Gasteiger partial charge in [-0.2, -0.15) is 0 Å². The second-order valence-corrected chi connectivity index (χ2v) is 6.09. The van der Waals surface area contributed by atoms with Gasteiger partial charge in [0.25, 0.3) is 0 Å². The standard InChI is InChI=1S/C16H25N3O/c1-10(2)13(11(3)4)9-19-15-7-6-12(20-5)8-14(15)18-16(19)17/h6-8,10-11,13H,9H2,1-5H3,(H2,17,18). The molecule has 0 saturated heterocycles. The molecule has 0 unspecified atom stereocenters. The molecule has 0 saturated carbocycles. The van der Waals surface area contributed by atoms with E-state index in [1.165, 1.54) is 0 Å². The highest BCUT2D eigenvalue weighted by Gasteiger charge is 2.20. The molecule has 4 heteroatoms. The number of nitrogens with zero attached hydrogens (tertiary/aromatic N) is 2. The van der Waals surface area contributed by atoms with E-state index in [1.807, 2.05) is 18.2 Å². The van der Waals surface area contributed by atoms with E-state index in [0.717, 1.165) is 23.3 Å². The van der Waals surface area contributed by atoms with Gasteiger partial charge in [-0.05, 0) is 29.9 Å². The molecule has 0 spiro atoms. The monoisotopic (exact) mass is 275 g/mol. The fourth-order valence-electron chi connectivity index (χ4n) is 2.85. The molecular formula is C16H25N3O. The van der Waals surface area contributed by atoms with E-state index in [-0.39, 0.29) is 0 Å². The van der Waals surface area contributed by atoms with Crippen molar-refractivity contribution in [3.05, 3.63) is 18.2 Å². The number of nitrogens with two attached hydrogens (primary N) is 1. The number of fused-ring (bicyclic) bond motifs is 1. The van der Waals surface area contributed by atoms with Crippen molar-refractivity contribution in [3.63, 3.8) is 0 Å². The molecule has 0 amide bonds. The molecule has 4 nitrogen and oxygen atoms in total. The third kappa shape index (κ3) is 2.74. The summed E-state index contributed by atoms with van der Waals surface area (Å²) in [5.41, 5.74) is 8.08. The minimum atomic E-state index is 0.580.